The lowest BCUT2D eigenvalue weighted by Gasteiger charge is -2.39. The topological polar surface area (TPSA) is 66.8 Å². The minimum atomic E-state index is -0.155. The molecule has 6 heteroatoms. The third kappa shape index (κ3) is 5.83. The number of halogens is 1. The van der Waals surface area contributed by atoms with E-state index < -0.39 is 0 Å². The van der Waals surface area contributed by atoms with Crippen molar-refractivity contribution in [2.24, 2.45) is 5.92 Å². The van der Waals surface area contributed by atoms with Crippen molar-refractivity contribution in [1.29, 1.82) is 0 Å². The van der Waals surface area contributed by atoms with Crippen LogP contribution in [0.3, 0.4) is 0 Å². The lowest BCUT2D eigenvalue weighted by atomic mass is 9.77. The Morgan fingerprint density at radius 3 is 2.47 bits per heavy atom. The number of carbonyl (C=O) groups is 2. The molecule has 2 aromatic rings. The second kappa shape index (κ2) is 10.6. The number of aliphatic hydroxyl groups excluding tert-OH is 1. The summed E-state index contributed by atoms with van der Waals surface area (Å²) in [6.07, 6.45) is 1.68. The summed E-state index contributed by atoms with van der Waals surface area (Å²) < 4.78 is 5.26. The van der Waals surface area contributed by atoms with Crippen LogP contribution in [0.25, 0.3) is 0 Å². The Hall–Kier alpha value is -2.37. The molecule has 0 spiro atoms. The quantitative estimate of drug-likeness (QED) is 0.691. The van der Waals surface area contributed by atoms with Crippen molar-refractivity contribution in [1.82, 2.24) is 4.90 Å². The van der Waals surface area contributed by atoms with E-state index >= 15 is 0 Å². The molecule has 30 heavy (non-hydrogen) atoms. The van der Waals surface area contributed by atoms with Crippen molar-refractivity contribution in [2.45, 2.75) is 31.6 Å². The molecule has 1 aliphatic heterocycles. The van der Waals surface area contributed by atoms with Gasteiger partial charge in [-0.2, -0.15) is 0 Å². The summed E-state index contributed by atoms with van der Waals surface area (Å²) in [5.74, 6) is 1.13. The van der Waals surface area contributed by atoms with Crippen molar-refractivity contribution in [3.05, 3.63) is 64.7 Å². The second-order valence-corrected chi connectivity index (χ2v) is 8.22. The Bertz CT molecular complexity index is 851. The van der Waals surface area contributed by atoms with Gasteiger partial charge in [-0.05, 0) is 53.6 Å². The molecule has 3 rings (SSSR count). The van der Waals surface area contributed by atoms with E-state index in [1.165, 1.54) is 0 Å². The maximum Gasteiger partial charge on any atom is 0.224 e. The highest BCUT2D eigenvalue weighted by Crippen LogP contribution is 2.36. The van der Waals surface area contributed by atoms with E-state index in [1.54, 1.807) is 24.1 Å². The lowest BCUT2D eigenvalue weighted by molar-refractivity contribution is -0.135. The van der Waals surface area contributed by atoms with Crippen LogP contribution >= 0.6 is 11.6 Å². The van der Waals surface area contributed by atoms with Crippen LogP contribution in [0.15, 0.2) is 48.5 Å². The molecule has 1 heterocycles. The van der Waals surface area contributed by atoms with Gasteiger partial charge in [0.25, 0.3) is 0 Å². The summed E-state index contributed by atoms with van der Waals surface area (Å²) in [4.78, 5) is 27.0. The van der Waals surface area contributed by atoms with Gasteiger partial charge in [0.2, 0.25) is 5.91 Å². The molecule has 0 saturated carbocycles. The molecule has 0 radical (unpaired) electrons. The number of benzene rings is 2. The Labute approximate surface area is 182 Å². The number of nitrogens with zero attached hydrogens (tertiary/aromatic N) is 1. The van der Waals surface area contributed by atoms with Gasteiger partial charge in [0.15, 0.2) is 0 Å². The number of likely N-dealkylation sites (tertiary alicyclic amines) is 1. The van der Waals surface area contributed by atoms with Crippen LogP contribution in [0.1, 0.15) is 36.3 Å². The van der Waals surface area contributed by atoms with Crippen LogP contribution in [0.4, 0.5) is 0 Å². The van der Waals surface area contributed by atoms with Crippen LogP contribution in [0.5, 0.6) is 5.75 Å². The highest BCUT2D eigenvalue weighted by Gasteiger charge is 2.33. The predicted octanol–water partition coefficient (Wildman–Crippen LogP) is 3.87. The van der Waals surface area contributed by atoms with Crippen molar-refractivity contribution < 1.29 is 19.4 Å². The first-order chi connectivity index (χ1) is 14.5. The molecule has 160 valence electrons. The van der Waals surface area contributed by atoms with Gasteiger partial charge in [-0.1, -0.05) is 35.9 Å². The van der Waals surface area contributed by atoms with Crippen LogP contribution in [0, 0.1) is 5.92 Å². The van der Waals surface area contributed by atoms with Crippen LogP contribution < -0.4 is 4.74 Å². The Balaban J connectivity index is 1.74. The van der Waals surface area contributed by atoms with Crippen molar-refractivity contribution in [3.63, 3.8) is 0 Å². The molecule has 2 atom stereocenters. The Morgan fingerprint density at radius 2 is 1.83 bits per heavy atom. The van der Waals surface area contributed by atoms with Gasteiger partial charge < -0.3 is 14.7 Å². The average Bonchev–Trinajstić information content (AvgIpc) is 2.75. The molecule has 0 aliphatic carbocycles. The number of ether oxygens (including phenoxy) is 1. The highest BCUT2D eigenvalue weighted by molar-refractivity contribution is 6.30. The zero-order valence-corrected chi connectivity index (χ0v) is 18.0. The molecule has 1 aliphatic rings. The van der Waals surface area contributed by atoms with E-state index in [-0.39, 0.29) is 36.6 Å². The average molecular weight is 430 g/mol. The van der Waals surface area contributed by atoms with Crippen molar-refractivity contribution >= 4 is 23.3 Å². The lowest BCUT2D eigenvalue weighted by Crippen LogP contribution is -2.44. The number of Topliss-reactive ketones (excluding diaryl/α,β-unsaturated/α-hetero) is 1. The fourth-order valence-corrected chi connectivity index (χ4v) is 4.33. The van der Waals surface area contributed by atoms with Crippen LogP contribution in [-0.2, 0) is 16.0 Å². The third-order valence-corrected chi connectivity index (χ3v) is 6.01. The minimum Gasteiger partial charge on any atom is -0.497 e. The Morgan fingerprint density at radius 1 is 1.13 bits per heavy atom. The molecule has 1 amide bonds. The fourth-order valence-electron chi connectivity index (χ4n) is 4.20. The van der Waals surface area contributed by atoms with Crippen LogP contribution in [0.2, 0.25) is 5.02 Å². The van der Waals surface area contributed by atoms with E-state index in [0.717, 1.165) is 23.3 Å². The number of amides is 1. The van der Waals surface area contributed by atoms with Gasteiger partial charge in [0, 0.05) is 37.4 Å². The summed E-state index contributed by atoms with van der Waals surface area (Å²) >= 11 is 5.93. The van der Waals surface area contributed by atoms with E-state index in [0.29, 0.717) is 31.0 Å². The maximum absolute atomic E-state index is 12.8. The number of hydrogen-bond donors (Lipinski definition) is 1. The van der Waals surface area contributed by atoms with Gasteiger partial charge >= 0.3 is 0 Å². The van der Waals surface area contributed by atoms with Gasteiger partial charge in [0.05, 0.1) is 13.7 Å². The fraction of sp³-hybridized carbons (Fsp3) is 0.417. The molecule has 1 saturated heterocycles. The maximum atomic E-state index is 12.8. The molecule has 1 unspecified atom stereocenters. The first kappa shape index (κ1) is 22.3. The van der Waals surface area contributed by atoms with Crippen molar-refractivity contribution in [2.75, 3.05) is 26.8 Å². The number of ketones is 1. The number of hydrogen-bond acceptors (Lipinski definition) is 4. The summed E-state index contributed by atoms with van der Waals surface area (Å²) in [7, 11) is 1.64. The molecular formula is C24H28ClNO4. The van der Waals surface area contributed by atoms with Gasteiger partial charge in [-0.15, -0.1) is 0 Å². The predicted molar refractivity (Wildman–Crippen MR) is 117 cm³/mol. The third-order valence-electron chi connectivity index (χ3n) is 5.76. The first-order valence-electron chi connectivity index (χ1n) is 10.3. The molecule has 1 N–H and O–H groups in total. The smallest absolute Gasteiger partial charge is 0.224 e. The van der Waals surface area contributed by atoms with Gasteiger partial charge in [-0.25, -0.2) is 0 Å². The summed E-state index contributed by atoms with van der Waals surface area (Å²) in [5.41, 5.74) is 2.10. The molecular weight excluding hydrogens is 402 g/mol. The summed E-state index contributed by atoms with van der Waals surface area (Å²) in [6.45, 7) is 1.01. The van der Waals surface area contributed by atoms with E-state index in [4.69, 9.17) is 21.4 Å². The van der Waals surface area contributed by atoms with Crippen LogP contribution in [-0.4, -0.2) is 48.5 Å². The first-order valence-corrected chi connectivity index (χ1v) is 10.7. The number of methoxy groups -OCH3 is 1. The number of rotatable bonds is 8. The van der Waals surface area contributed by atoms with Crippen molar-refractivity contribution in [3.8, 4) is 5.75 Å². The molecule has 0 bridgehead atoms. The number of aliphatic hydroxyl groups is 1. The molecule has 0 aromatic heterocycles. The second-order valence-electron chi connectivity index (χ2n) is 7.79. The minimum absolute atomic E-state index is 0.0367. The Kier molecular flexibility index (Phi) is 7.88. The SMILES string of the molecule is COc1ccc(C2CCN(C(=O)CCO)C[C@H]2CC(=O)Cc2ccc(Cl)cc2)cc1. The van der Waals surface area contributed by atoms with E-state index in [9.17, 15) is 9.59 Å². The summed E-state index contributed by atoms with van der Waals surface area (Å²) in [5, 5.41) is 9.77. The monoisotopic (exact) mass is 429 g/mol. The zero-order valence-electron chi connectivity index (χ0n) is 17.2. The normalized spacial score (nSPS) is 18.8. The molecule has 2 aromatic carbocycles. The standard InChI is InChI=1S/C24H28ClNO4/c1-30-22-8-4-18(5-9-22)23-10-12-26(24(29)11-13-27)16-19(23)15-21(28)14-17-2-6-20(25)7-3-17/h2-9,19,23,27H,10-16H2,1H3/t19-,23?/m1/s1. The van der Waals surface area contributed by atoms with E-state index in [2.05, 4.69) is 0 Å². The van der Waals surface area contributed by atoms with E-state index in [1.807, 2.05) is 36.4 Å². The largest absolute Gasteiger partial charge is 0.497 e. The highest BCUT2D eigenvalue weighted by atomic mass is 35.5. The summed E-state index contributed by atoms with van der Waals surface area (Å²) in [6, 6.07) is 15.3. The molecule has 1 fully saturated rings. The number of carbonyl (C=O) groups excluding carboxylic acids is 2. The number of piperidine rings is 1. The van der Waals surface area contributed by atoms with Gasteiger partial charge in [0.1, 0.15) is 11.5 Å². The molecule has 5 nitrogen and oxygen atoms in total. The zero-order chi connectivity index (χ0) is 21.5. The van der Waals surface area contributed by atoms with Gasteiger partial charge in [-0.3, -0.25) is 9.59 Å².